The molecule has 2 atom stereocenters. The molecule has 1 saturated carbocycles. The van der Waals surface area contributed by atoms with Crippen LogP contribution in [0.5, 0.6) is 0 Å². The minimum atomic E-state index is 0.152. The van der Waals surface area contributed by atoms with Crippen LogP contribution in [0.4, 0.5) is 5.69 Å². The summed E-state index contributed by atoms with van der Waals surface area (Å²) in [5.74, 6) is 1.15. The van der Waals surface area contributed by atoms with Crippen molar-refractivity contribution in [2.24, 2.45) is 11.7 Å². The molecular weight excluding hydrogens is 328 g/mol. The van der Waals surface area contributed by atoms with Crippen LogP contribution in [0.2, 0.25) is 0 Å². The van der Waals surface area contributed by atoms with Crippen LogP contribution in [0.3, 0.4) is 0 Å². The summed E-state index contributed by atoms with van der Waals surface area (Å²) in [6.45, 7) is 0. The Bertz CT molecular complexity index is 773. The van der Waals surface area contributed by atoms with Crippen molar-refractivity contribution in [2.75, 3.05) is 5.73 Å². The third-order valence-electron chi connectivity index (χ3n) is 6.48. The summed E-state index contributed by atoms with van der Waals surface area (Å²) in [4.78, 5) is 0. The fraction of sp³-hybridized carbons (Fsp3) is 0.440. The van der Waals surface area contributed by atoms with Crippen LogP contribution in [-0.2, 0) is 0 Å². The third-order valence-corrected chi connectivity index (χ3v) is 6.48. The molecule has 2 nitrogen and oxygen atoms in total. The zero-order valence-electron chi connectivity index (χ0n) is 16.2. The van der Waals surface area contributed by atoms with E-state index in [0.717, 1.165) is 24.4 Å². The maximum Gasteiger partial charge on any atom is 0.0314 e. The molecule has 0 spiro atoms. The van der Waals surface area contributed by atoms with E-state index in [1.807, 2.05) is 12.1 Å². The number of nitrogen functional groups attached to an aromatic ring is 1. The largest absolute Gasteiger partial charge is 0.399 e. The lowest BCUT2D eigenvalue weighted by molar-refractivity contribution is 0.393. The van der Waals surface area contributed by atoms with E-state index in [2.05, 4.69) is 42.5 Å². The van der Waals surface area contributed by atoms with Crippen LogP contribution in [0.1, 0.15) is 62.8 Å². The van der Waals surface area contributed by atoms with E-state index in [-0.39, 0.29) is 6.04 Å². The highest BCUT2D eigenvalue weighted by Crippen LogP contribution is 2.41. The van der Waals surface area contributed by atoms with Gasteiger partial charge in [-0.15, -0.1) is 0 Å². The first-order valence-electron chi connectivity index (χ1n) is 10.6. The Kier molecular flexibility index (Phi) is 5.63. The average Bonchev–Trinajstić information content (AvgIpc) is 2.72. The van der Waals surface area contributed by atoms with Gasteiger partial charge in [0.25, 0.3) is 0 Å². The number of anilines is 1. The molecule has 0 aromatic heterocycles. The van der Waals surface area contributed by atoms with E-state index in [4.69, 9.17) is 11.5 Å². The van der Waals surface area contributed by atoms with Crippen molar-refractivity contribution in [3.63, 3.8) is 0 Å². The topological polar surface area (TPSA) is 52.0 Å². The van der Waals surface area contributed by atoms with Gasteiger partial charge in [0.1, 0.15) is 0 Å². The number of nitrogens with two attached hydrogens (primary N) is 2. The zero-order valence-corrected chi connectivity index (χ0v) is 16.2. The van der Waals surface area contributed by atoms with Crippen molar-refractivity contribution in [3.8, 4) is 0 Å². The highest BCUT2D eigenvalue weighted by atomic mass is 14.6. The standard InChI is InChI=1S/C25H32N2/c26-23-14-10-21(11-15-23)25(22-12-16-24(27)17-13-22)20-8-6-19(7-9-20)18-4-2-1-3-5-18/h6,8,10-16,18,24-25H,1-5,7,9,17,26-27H2. The van der Waals surface area contributed by atoms with E-state index in [0.29, 0.717) is 5.92 Å². The fourth-order valence-electron chi connectivity index (χ4n) is 4.90. The fourth-order valence-corrected chi connectivity index (χ4v) is 4.90. The van der Waals surface area contributed by atoms with Crippen molar-refractivity contribution < 1.29 is 0 Å². The zero-order chi connectivity index (χ0) is 18.6. The molecule has 4 N–H and O–H groups in total. The van der Waals surface area contributed by atoms with Crippen molar-refractivity contribution in [2.45, 2.75) is 63.3 Å². The predicted molar refractivity (Wildman–Crippen MR) is 115 cm³/mol. The van der Waals surface area contributed by atoms with Gasteiger partial charge in [-0.3, -0.25) is 0 Å². The van der Waals surface area contributed by atoms with Crippen molar-refractivity contribution in [1.29, 1.82) is 0 Å². The predicted octanol–water partition coefficient (Wildman–Crippen LogP) is 5.79. The van der Waals surface area contributed by atoms with Crippen LogP contribution in [0, 0.1) is 5.92 Å². The maximum absolute atomic E-state index is 6.06. The average molecular weight is 361 g/mol. The monoisotopic (exact) mass is 360 g/mol. The molecule has 1 aromatic rings. The second-order valence-electron chi connectivity index (χ2n) is 8.38. The summed E-state index contributed by atoms with van der Waals surface area (Å²) in [6.07, 6.45) is 21.9. The van der Waals surface area contributed by atoms with Gasteiger partial charge in [-0.1, -0.05) is 72.9 Å². The van der Waals surface area contributed by atoms with E-state index in [1.165, 1.54) is 55.2 Å². The van der Waals surface area contributed by atoms with Crippen LogP contribution in [0.25, 0.3) is 0 Å². The molecule has 0 amide bonds. The van der Waals surface area contributed by atoms with Gasteiger partial charge in [-0.05, 0) is 61.3 Å². The van der Waals surface area contributed by atoms with E-state index in [1.54, 1.807) is 5.57 Å². The van der Waals surface area contributed by atoms with Crippen molar-refractivity contribution >= 4 is 5.69 Å². The number of rotatable bonds is 4. The molecule has 0 aliphatic heterocycles. The Morgan fingerprint density at radius 2 is 1.70 bits per heavy atom. The normalized spacial score (nSPS) is 24.8. The van der Waals surface area contributed by atoms with Crippen LogP contribution in [-0.4, -0.2) is 6.04 Å². The Morgan fingerprint density at radius 3 is 2.33 bits per heavy atom. The summed E-state index contributed by atoms with van der Waals surface area (Å²) < 4.78 is 0. The van der Waals surface area contributed by atoms with Gasteiger partial charge in [0, 0.05) is 17.6 Å². The first kappa shape index (κ1) is 18.3. The SMILES string of the molecule is Nc1ccc(C(C2=CCC(N)C=C2)C2=CC=C(C3CCCCC3)CC2)cc1. The van der Waals surface area contributed by atoms with Gasteiger partial charge in [0.15, 0.2) is 0 Å². The summed E-state index contributed by atoms with van der Waals surface area (Å²) in [6, 6.07) is 8.57. The van der Waals surface area contributed by atoms with E-state index < -0.39 is 0 Å². The van der Waals surface area contributed by atoms with Crippen molar-refractivity contribution in [1.82, 2.24) is 0 Å². The van der Waals surface area contributed by atoms with Gasteiger partial charge in [0.05, 0.1) is 0 Å². The number of allylic oxidation sites excluding steroid dienone is 6. The lowest BCUT2D eigenvalue weighted by atomic mass is 9.75. The highest BCUT2D eigenvalue weighted by molar-refractivity contribution is 5.50. The summed E-state index contributed by atoms with van der Waals surface area (Å²) in [7, 11) is 0. The molecule has 0 saturated heterocycles. The van der Waals surface area contributed by atoms with E-state index in [9.17, 15) is 0 Å². The molecule has 0 heterocycles. The number of benzene rings is 1. The second kappa shape index (κ2) is 8.31. The van der Waals surface area contributed by atoms with Crippen molar-refractivity contribution in [3.05, 3.63) is 76.9 Å². The van der Waals surface area contributed by atoms with Gasteiger partial charge < -0.3 is 11.5 Å². The lowest BCUT2D eigenvalue weighted by Gasteiger charge is -2.30. The number of hydrogen-bond donors (Lipinski definition) is 2. The molecule has 3 aliphatic carbocycles. The molecule has 2 unspecified atom stereocenters. The summed E-state index contributed by atoms with van der Waals surface area (Å²) in [5, 5.41) is 0. The van der Waals surface area contributed by atoms with Crippen LogP contribution < -0.4 is 11.5 Å². The molecule has 0 radical (unpaired) electrons. The maximum atomic E-state index is 6.06. The Morgan fingerprint density at radius 1 is 0.926 bits per heavy atom. The first-order chi connectivity index (χ1) is 13.2. The molecule has 0 bridgehead atoms. The van der Waals surface area contributed by atoms with Crippen LogP contribution >= 0.6 is 0 Å². The Hall–Kier alpha value is -2.06. The smallest absolute Gasteiger partial charge is 0.0314 e. The first-order valence-corrected chi connectivity index (χ1v) is 10.6. The van der Waals surface area contributed by atoms with Gasteiger partial charge in [-0.25, -0.2) is 0 Å². The lowest BCUT2D eigenvalue weighted by Crippen LogP contribution is -2.19. The van der Waals surface area contributed by atoms with Crippen LogP contribution in [0.15, 0.2) is 71.4 Å². The molecule has 27 heavy (non-hydrogen) atoms. The molecule has 3 aliphatic rings. The number of hydrogen-bond acceptors (Lipinski definition) is 2. The van der Waals surface area contributed by atoms with Gasteiger partial charge >= 0.3 is 0 Å². The highest BCUT2D eigenvalue weighted by Gasteiger charge is 2.25. The molecule has 142 valence electrons. The minimum Gasteiger partial charge on any atom is -0.399 e. The summed E-state index contributed by atoms with van der Waals surface area (Å²) >= 11 is 0. The Labute approximate surface area is 163 Å². The Balaban J connectivity index is 1.62. The summed E-state index contributed by atoms with van der Waals surface area (Å²) in [5.41, 5.74) is 18.7. The van der Waals surface area contributed by atoms with Gasteiger partial charge in [0.2, 0.25) is 0 Å². The molecule has 1 aromatic carbocycles. The minimum absolute atomic E-state index is 0.152. The second-order valence-corrected chi connectivity index (χ2v) is 8.38. The third kappa shape index (κ3) is 4.27. The quantitative estimate of drug-likeness (QED) is 0.667. The molecule has 4 rings (SSSR count). The molecule has 1 fully saturated rings. The molecule has 2 heteroatoms. The molecular formula is C25H32N2. The van der Waals surface area contributed by atoms with E-state index >= 15 is 0 Å². The van der Waals surface area contributed by atoms with Gasteiger partial charge in [-0.2, -0.15) is 0 Å².